The Morgan fingerprint density at radius 3 is 0.954 bits per heavy atom. The topological polar surface area (TPSA) is 333 Å². The van der Waals surface area contributed by atoms with Crippen molar-refractivity contribution in [2.75, 3.05) is 0 Å². The molecule has 460 valence electrons. The average molecular weight is 1370 g/mol. The van der Waals surface area contributed by atoms with Crippen molar-refractivity contribution in [2.45, 2.75) is 142 Å². The highest BCUT2D eigenvalue weighted by Gasteiger charge is 2.49. The predicted octanol–water partition coefficient (Wildman–Crippen LogP) is 9.28. The van der Waals surface area contributed by atoms with Crippen molar-refractivity contribution in [1.29, 1.82) is 0 Å². The van der Waals surface area contributed by atoms with Gasteiger partial charge in [0.1, 0.15) is 0 Å². The Morgan fingerprint density at radius 1 is 0.356 bits per heavy atom. The summed E-state index contributed by atoms with van der Waals surface area (Å²) in [5, 5.41) is 0. The Labute approximate surface area is 514 Å². The van der Waals surface area contributed by atoms with Crippen molar-refractivity contribution in [3.05, 3.63) is 193 Å². The second-order valence-corrected chi connectivity index (χ2v) is 38.8. The molecular formula is C58H53O19S10-. The molecule has 0 aliphatic carbocycles. The SMILES string of the molecule is CC(C)(C)c1ccc(S(=O)(=O)c2ccc(S(=O)(=O)c3ccc(S(=O)(=O)c4ccc(S(=O)(=O)C(C)(C)C(C)(C)c5ccc(S(=O)(=O)c6ccc(S(=O)(=O)c7ccc(S(=O)(=O)c8ccc(S(=O)[O-])cc8)cc7)cc6)cc5)cc4)cc3)c(S)c2)cc1S(=O)(=O)O. The fourth-order valence-electron chi connectivity index (χ4n) is 9.15. The quantitative estimate of drug-likeness (QED) is 0.0459. The fourth-order valence-corrected chi connectivity index (χ4v) is 20.7. The Kier molecular flexibility index (Phi) is 17.6. The third-order valence-electron chi connectivity index (χ3n) is 15.0. The van der Waals surface area contributed by atoms with Crippen LogP contribution in [0.25, 0.3) is 0 Å². The van der Waals surface area contributed by atoms with E-state index in [0.717, 1.165) is 152 Å². The van der Waals surface area contributed by atoms with Gasteiger partial charge in [-0.2, -0.15) is 8.42 Å². The highest BCUT2D eigenvalue weighted by atomic mass is 32.2. The van der Waals surface area contributed by atoms with Gasteiger partial charge in [0, 0.05) is 15.2 Å². The number of hydrogen-bond donors (Lipinski definition) is 2. The molecule has 8 rings (SSSR count). The van der Waals surface area contributed by atoms with E-state index in [2.05, 4.69) is 12.6 Å². The normalized spacial score (nSPS) is 13.9. The molecular weight excluding hydrogens is 1320 g/mol. The first kappa shape index (κ1) is 66.7. The summed E-state index contributed by atoms with van der Waals surface area (Å²) in [7, 11) is -35.4. The van der Waals surface area contributed by atoms with Gasteiger partial charge in [-0.15, -0.1) is 12.6 Å². The van der Waals surface area contributed by atoms with Crippen LogP contribution < -0.4 is 0 Å². The molecule has 0 spiro atoms. The molecule has 0 aromatic heterocycles. The van der Waals surface area contributed by atoms with Crippen LogP contribution in [-0.2, 0) is 101 Å². The molecule has 0 heterocycles. The zero-order valence-electron chi connectivity index (χ0n) is 46.7. The first-order valence-electron chi connectivity index (χ1n) is 25.3. The minimum atomic E-state index is -4.87. The van der Waals surface area contributed by atoms with Crippen LogP contribution in [0.15, 0.2) is 260 Å². The van der Waals surface area contributed by atoms with Crippen LogP contribution in [0.2, 0.25) is 0 Å². The maximum absolute atomic E-state index is 14.5. The largest absolute Gasteiger partial charge is 0.768 e. The van der Waals surface area contributed by atoms with Crippen LogP contribution in [0.4, 0.5) is 0 Å². The van der Waals surface area contributed by atoms with Gasteiger partial charge in [0.05, 0.1) is 73.3 Å². The van der Waals surface area contributed by atoms with Crippen molar-refractivity contribution in [3.63, 3.8) is 0 Å². The second-order valence-electron chi connectivity index (χ2n) is 21.8. The number of thiol groups is 1. The Hall–Kier alpha value is -6.22. The third-order valence-corrected chi connectivity index (χ3v) is 30.6. The minimum absolute atomic E-state index is 0.133. The zero-order valence-corrected chi connectivity index (χ0v) is 55.0. The lowest BCUT2D eigenvalue weighted by Gasteiger charge is -2.41. The summed E-state index contributed by atoms with van der Waals surface area (Å²) < 4.78 is 248. The van der Waals surface area contributed by atoms with Crippen LogP contribution in [0, 0.1) is 0 Å². The van der Waals surface area contributed by atoms with Gasteiger partial charge >= 0.3 is 0 Å². The highest BCUT2D eigenvalue weighted by Crippen LogP contribution is 2.44. The van der Waals surface area contributed by atoms with Crippen molar-refractivity contribution in [3.8, 4) is 0 Å². The lowest BCUT2D eigenvalue weighted by Crippen LogP contribution is -2.49. The summed E-state index contributed by atoms with van der Waals surface area (Å²) in [6.45, 7) is 11.1. The van der Waals surface area contributed by atoms with E-state index in [0.29, 0.717) is 5.56 Å². The van der Waals surface area contributed by atoms with E-state index in [1.807, 2.05) is 0 Å². The summed E-state index contributed by atoms with van der Waals surface area (Å²) in [6, 6.07) is 32.9. The van der Waals surface area contributed by atoms with Crippen molar-refractivity contribution >= 4 is 103 Å². The summed E-state index contributed by atoms with van der Waals surface area (Å²) in [6.07, 6.45) is 0. The lowest BCUT2D eigenvalue weighted by molar-refractivity contribution is 0.384. The Morgan fingerprint density at radius 2 is 0.632 bits per heavy atom. The van der Waals surface area contributed by atoms with E-state index < -0.39 is 130 Å². The van der Waals surface area contributed by atoms with E-state index in [4.69, 9.17) is 0 Å². The molecule has 87 heavy (non-hydrogen) atoms. The van der Waals surface area contributed by atoms with Gasteiger partial charge in [-0.3, -0.25) is 8.76 Å². The summed E-state index contributed by atoms with van der Waals surface area (Å²) in [5.41, 5.74) is -1.54. The van der Waals surface area contributed by atoms with E-state index in [9.17, 15) is 80.7 Å². The maximum atomic E-state index is 14.5. The van der Waals surface area contributed by atoms with E-state index >= 15 is 0 Å². The molecule has 0 saturated heterocycles. The molecule has 19 nitrogen and oxygen atoms in total. The van der Waals surface area contributed by atoms with E-state index in [-0.39, 0.29) is 59.4 Å². The van der Waals surface area contributed by atoms with Gasteiger partial charge in [-0.25, -0.2) is 58.9 Å². The molecule has 0 bridgehead atoms. The van der Waals surface area contributed by atoms with Gasteiger partial charge in [0.2, 0.25) is 59.0 Å². The number of benzene rings is 8. The standard InChI is InChI=1S/C58H54O19S10/c1-56(2,3)52-34-32-51(37-55(52)87(75,76)77)84(69,70)50-33-35-54(53(78)36-50)85(71,72)48-26-24-46(25-27-48)83(67,68)47-28-30-49(31-29-47)86(73,74)58(6,7)57(4,5)38-8-12-40(13-9-38)80(61,62)42-16-20-44(21-17-42)82(65,66)45-22-18-43(19-23-45)81(63,64)41-14-10-39(11-15-41)79(59)60/h8-37,78H,1-7H3,(H,59,60)(H,75,76,77)/p-1. The van der Waals surface area contributed by atoms with Crippen molar-refractivity contribution < 1.29 is 80.7 Å². The van der Waals surface area contributed by atoms with Crippen LogP contribution in [0.5, 0.6) is 0 Å². The third kappa shape index (κ3) is 12.3. The zero-order chi connectivity index (χ0) is 64.7. The molecule has 1 atom stereocenters. The molecule has 0 amide bonds. The van der Waals surface area contributed by atoms with Crippen LogP contribution in [0.1, 0.15) is 59.6 Å². The maximum Gasteiger partial charge on any atom is 0.294 e. The molecule has 0 fully saturated rings. The smallest absolute Gasteiger partial charge is 0.294 e. The van der Waals surface area contributed by atoms with Gasteiger partial charge in [-0.1, -0.05) is 52.8 Å². The highest BCUT2D eigenvalue weighted by molar-refractivity contribution is 7.94. The van der Waals surface area contributed by atoms with Gasteiger partial charge in [0.25, 0.3) is 10.1 Å². The van der Waals surface area contributed by atoms with Crippen LogP contribution in [0.3, 0.4) is 0 Å². The molecule has 8 aromatic carbocycles. The van der Waals surface area contributed by atoms with Gasteiger partial charge in [-0.05, 0) is 205 Å². The van der Waals surface area contributed by atoms with E-state index in [1.165, 1.54) is 44.2 Å². The Balaban J connectivity index is 0.949. The second kappa shape index (κ2) is 23.0. The number of hydrogen-bond acceptors (Lipinski definition) is 19. The number of sulfone groups is 7. The molecule has 0 aliphatic rings. The first-order valence-corrected chi connectivity index (χ1v) is 38.7. The Bertz CT molecular complexity index is 5050. The summed E-state index contributed by atoms with van der Waals surface area (Å²) >= 11 is 1.67. The number of rotatable bonds is 18. The van der Waals surface area contributed by atoms with Crippen LogP contribution >= 0.6 is 12.6 Å². The van der Waals surface area contributed by atoms with Crippen molar-refractivity contribution in [2.24, 2.45) is 0 Å². The molecule has 0 saturated carbocycles. The molecule has 8 aromatic rings. The minimum Gasteiger partial charge on any atom is -0.768 e. The average Bonchev–Trinajstić information content (AvgIpc) is 0.960. The van der Waals surface area contributed by atoms with Crippen molar-refractivity contribution in [1.82, 2.24) is 0 Å². The predicted molar refractivity (Wildman–Crippen MR) is 321 cm³/mol. The first-order chi connectivity index (χ1) is 39.9. The summed E-state index contributed by atoms with van der Waals surface area (Å²) in [5.74, 6) is 0. The fraction of sp³-hybridized carbons (Fsp3) is 0.172. The van der Waals surface area contributed by atoms with Gasteiger partial charge in [0.15, 0.2) is 9.84 Å². The molecule has 1 N–H and O–H groups in total. The molecule has 29 heteroatoms. The van der Waals surface area contributed by atoms with Crippen LogP contribution in [-0.4, -0.2) is 85.4 Å². The van der Waals surface area contributed by atoms with Gasteiger partial charge < -0.3 is 4.55 Å². The monoisotopic (exact) mass is 1370 g/mol. The molecule has 0 aliphatic heterocycles. The lowest BCUT2D eigenvalue weighted by atomic mass is 9.74. The van der Waals surface area contributed by atoms with E-state index in [1.54, 1.807) is 34.6 Å². The molecule has 1 unspecified atom stereocenters. The summed E-state index contributed by atoms with van der Waals surface area (Å²) in [4.78, 5) is -5.49. The molecule has 0 radical (unpaired) electrons.